The molecular weight excluding hydrogens is 374 g/mol. The molecule has 4 aromatic rings. The van der Waals surface area contributed by atoms with Crippen molar-refractivity contribution in [2.45, 2.75) is 27.2 Å². The average Bonchev–Trinajstić information content (AvgIpc) is 3.10. The number of hydrogen-bond donors (Lipinski definition) is 1. The molecule has 1 amide bonds. The lowest BCUT2D eigenvalue weighted by atomic mass is 10.0. The fourth-order valence-corrected chi connectivity index (χ4v) is 3.60. The van der Waals surface area contributed by atoms with Crippen LogP contribution in [-0.2, 0) is 11.2 Å². The first-order valence-corrected chi connectivity index (χ1v) is 9.94. The molecule has 0 saturated carbocycles. The largest absolute Gasteiger partial charge is 0.497 e. The molecule has 0 aliphatic heterocycles. The Labute approximate surface area is 176 Å². The third-order valence-corrected chi connectivity index (χ3v) is 5.41. The average molecular weight is 399 g/mol. The molecule has 0 fully saturated rings. The fourth-order valence-electron chi connectivity index (χ4n) is 3.60. The van der Waals surface area contributed by atoms with Gasteiger partial charge in [-0.3, -0.25) is 4.79 Å². The summed E-state index contributed by atoms with van der Waals surface area (Å²) in [4.78, 5) is 17.8. The van der Waals surface area contributed by atoms with E-state index in [0.29, 0.717) is 11.4 Å². The van der Waals surface area contributed by atoms with Crippen molar-refractivity contribution in [3.8, 4) is 17.0 Å². The Morgan fingerprint density at radius 3 is 2.60 bits per heavy atom. The number of nitrogens with zero attached hydrogens (tertiary/aromatic N) is 2. The van der Waals surface area contributed by atoms with E-state index in [9.17, 15) is 4.79 Å². The summed E-state index contributed by atoms with van der Waals surface area (Å²) in [6, 6.07) is 17.7. The zero-order chi connectivity index (χ0) is 21.3. The second kappa shape index (κ2) is 8.03. The number of methoxy groups -OCH3 is 1. The van der Waals surface area contributed by atoms with E-state index in [-0.39, 0.29) is 12.3 Å². The van der Waals surface area contributed by atoms with Crippen molar-refractivity contribution in [1.29, 1.82) is 0 Å². The highest BCUT2D eigenvalue weighted by Gasteiger charge is 2.18. The van der Waals surface area contributed by atoms with Crippen LogP contribution in [0.25, 0.3) is 16.9 Å². The third-order valence-electron chi connectivity index (χ3n) is 5.41. The van der Waals surface area contributed by atoms with Gasteiger partial charge in [0.1, 0.15) is 11.4 Å². The highest BCUT2D eigenvalue weighted by atomic mass is 16.5. The minimum absolute atomic E-state index is 0.100. The lowest BCUT2D eigenvalue weighted by molar-refractivity contribution is -0.115. The third kappa shape index (κ3) is 3.79. The number of pyridine rings is 1. The summed E-state index contributed by atoms with van der Waals surface area (Å²) in [5.41, 5.74) is 7.81. The number of fused-ring (bicyclic) bond motifs is 1. The first-order valence-electron chi connectivity index (χ1n) is 9.94. The molecule has 2 aromatic heterocycles. The normalized spacial score (nSPS) is 10.9. The Morgan fingerprint density at radius 2 is 1.83 bits per heavy atom. The van der Waals surface area contributed by atoms with E-state index in [2.05, 4.69) is 37.4 Å². The maximum atomic E-state index is 12.9. The molecule has 0 spiro atoms. The molecule has 5 nitrogen and oxygen atoms in total. The van der Waals surface area contributed by atoms with Gasteiger partial charge >= 0.3 is 0 Å². The van der Waals surface area contributed by atoms with Gasteiger partial charge in [-0.1, -0.05) is 24.3 Å². The van der Waals surface area contributed by atoms with Crippen LogP contribution < -0.4 is 10.1 Å². The zero-order valence-corrected chi connectivity index (χ0v) is 17.7. The van der Waals surface area contributed by atoms with Crippen molar-refractivity contribution in [2.24, 2.45) is 0 Å². The lowest BCUT2D eigenvalue weighted by Gasteiger charge is -2.09. The smallest absolute Gasteiger partial charge is 0.230 e. The Balaban J connectivity index is 1.74. The highest BCUT2D eigenvalue weighted by molar-refractivity contribution is 5.93. The summed E-state index contributed by atoms with van der Waals surface area (Å²) in [5, 5.41) is 2.97. The minimum atomic E-state index is -0.100. The monoisotopic (exact) mass is 399 g/mol. The van der Waals surface area contributed by atoms with Crippen LogP contribution in [0.4, 0.5) is 5.69 Å². The molecule has 0 saturated heterocycles. The molecule has 0 aliphatic rings. The second-order valence-electron chi connectivity index (χ2n) is 7.55. The molecule has 0 atom stereocenters. The van der Waals surface area contributed by atoms with Crippen LogP contribution in [0, 0.1) is 20.8 Å². The summed E-state index contributed by atoms with van der Waals surface area (Å²) in [6.45, 7) is 6.22. The van der Waals surface area contributed by atoms with Crippen molar-refractivity contribution in [3.05, 3.63) is 83.2 Å². The van der Waals surface area contributed by atoms with Crippen molar-refractivity contribution in [1.82, 2.24) is 9.38 Å². The van der Waals surface area contributed by atoms with Crippen molar-refractivity contribution < 1.29 is 9.53 Å². The molecule has 152 valence electrons. The number of ether oxygens (including phenoxy) is 1. The molecule has 0 radical (unpaired) electrons. The first kappa shape index (κ1) is 19.7. The summed E-state index contributed by atoms with van der Waals surface area (Å²) in [5.74, 6) is 0.602. The molecule has 5 heteroatoms. The Kier molecular flexibility index (Phi) is 5.27. The summed E-state index contributed by atoms with van der Waals surface area (Å²) in [7, 11) is 1.61. The van der Waals surface area contributed by atoms with Gasteiger partial charge in [0.2, 0.25) is 5.91 Å². The van der Waals surface area contributed by atoms with E-state index >= 15 is 0 Å². The van der Waals surface area contributed by atoms with Crippen LogP contribution in [0.5, 0.6) is 5.75 Å². The zero-order valence-electron chi connectivity index (χ0n) is 17.7. The van der Waals surface area contributed by atoms with Crippen LogP contribution >= 0.6 is 0 Å². The molecule has 0 unspecified atom stereocenters. The van der Waals surface area contributed by atoms with Gasteiger partial charge in [0.05, 0.1) is 24.9 Å². The Hall–Kier alpha value is -3.60. The molecule has 0 bridgehead atoms. The van der Waals surface area contributed by atoms with Gasteiger partial charge in [0.15, 0.2) is 0 Å². The molecule has 4 rings (SSSR count). The van der Waals surface area contributed by atoms with Gasteiger partial charge in [0, 0.05) is 23.5 Å². The summed E-state index contributed by atoms with van der Waals surface area (Å²) in [6.07, 6.45) is 2.18. The number of carbonyl (C=O) groups is 1. The van der Waals surface area contributed by atoms with Gasteiger partial charge in [-0.15, -0.1) is 0 Å². The van der Waals surface area contributed by atoms with Crippen molar-refractivity contribution in [3.63, 3.8) is 0 Å². The summed E-state index contributed by atoms with van der Waals surface area (Å²) >= 11 is 0. The quantitative estimate of drug-likeness (QED) is 0.507. The van der Waals surface area contributed by atoms with E-state index in [4.69, 9.17) is 9.72 Å². The first-order chi connectivity index (χ1) is 14.5. The number of imidazole rings is 1. The molecular formula is C25H25N3O2. The van der Waals surface area contributed by atoms with Crippen molar-refractivity contribution in [2.75, 3.05) is 12.4 Å². The number of carbonyl (C=O) groups excluding carboxylic acids is 1. The lowest BCUT2D eigenvalue weighted by Crippen LogP contribution is -2.16. The van der Waals surface area contributed by atoms with Crippen molar-refractivity contribution >= 4 is 17.2 Å². The van der Waals surface area contributed by atoms with E-state index in [1.807, 2.05) is 47.9 Å². The van der Waals surface area contributed by atoms with Crippen LogP contribution in [0.3, 0.4) is 0 Å². The molecule has 2 aromatic carbocycles. The second-order valence-corrected chi connectivity index (χ2v) is 7.55. The topological polar surface area (TPSA) is 55.6 Å². The van der Waals surface area contributed by atoms with Gasteiger partial charge in [-0.25, -0.2) is 4.98 Å². The number of rotatable bonds is 5. The molecule has 0 aliphatic carbocycles. The van der Waals surface area contributed by atoms with E-state index in [1.54, 1.807) is 13.2 Å². The molecule has 30 heavy (non-hydrogen) atoms. The highest BCUT2D eigenvalue weighted by Crippen LogP contribution is 2.28. The molecule has 1 N–H and O–H groups in total. The predicted octanol–water partition coefficient (Wildman–Crippen LogP) is 5.12. The Morgan fingerprint density at radius 1 is 1.00 bits per heavy atom. The van der Waals surface area contributed by atoms with Gasteiger partial charge in [-0.05, 0) is 61.7 Å². The number of amides is 1. The van der Waals surface area contributed by atoms with Gasteiger partial charge in [0.25, 0.3) is 0 Å². The standard InChI is InChI=1S/C25H25N3O2/c1-16-10-11-19(13-18(16)3)24-22(28-12-6-7-17(2)25(28)27-24)15-23(29)26-20-8-5-9-21(14-20)30-4/h5-14H,15H2,1-4H3,(H,26,29). The number of nitrogens with one attached hydrogen (secondary N) is 1. The predicted molar refractivity (Wildman–Crippen MR) is 120 cm³/mol. The van der Waals surface area contributed by atoms with Crippen LogP contribution in [0.1, 0.15) is 22.4 Å². The number of hydrogen-bond acceptors (Lipinski definition) is 3. The van der Waals surface area contributed by atoms with Crippen LogP contribution in [0.2, 0.25) is 0 Å². The van der Waals surface area contributed by atoms with Crippen LogP contribution in [-0.4, -0.2) is 22.4 Å². The SMILES string of the molecule is COc1cccc(NC(=O)Cc2c(-c3ccc(C)c(C)c3)nc3c(C)cccn23)c1. The number of anilines is 1. The Bertz CT molecular complexity index is 1240. The van der Waals surface area contributed by atoms with Gasteiger partial charge < -0.3 is 14.5 Å². The minimum Gasteiger partial charge on any atom is -0.497 e. The van der Waals surface area contributed by atoms with Crippen LogP contribution in [0.15, 0.2) is 60.8 Å². The van der Waals surface area contributed by atoms with E-state index < -0.39 is 0 Å². The van der Waals surface area contributed by atoms with E-state index in [0.717, 1.165) is 28.2 Å². The van der Waals surface area contributed by atoms with Gasteiger partial charge in [-0.2, -0.15) is 0 Å². The number of aromatic nitrogens is 2. The fraction of sp³-hybridized carbons (Fsp3) is 0.200. The maximum absolute atomic E-state index is 12.9. The number of benzene rings is 2. The maximum Gasteiger partial charge on any atom is 0.230 e. The molecule has 2 heterocycles. The number of aryl methyl sites for hydroxylation is 3. The summed E-state index contributed by atoms with van der Waals surface area (Å²) < 4.78 is 7.26. The van der Waals surface area contributed by atoms with E-state index in [1.165, 1.54) is 11.1 Å².